The number of hydrogen-bond acceptors (Lipinski definition) is 5. The van der Waals surface area contributed by atoms with Crippen LogP contribution in [0.1, 0.15) is 22.5 Å². The van der Waals surface area contributed by atoms with Crippen molar-refractivity contribution >= 4 is 17.5 Å². The zero-order valence-electron chi connectivity index (χ0n) is 18.1. The second kappa shape index (κ2) is 8.32. The van der Waals surface area contributed by atoms with Crippen molar-refractivity contribution < 1.29 is 5.11 Å². The van der Waals surface area contributed by atoms with Crippen molar-refractivity contribution in [2.24, 2.45) is 0 Å². The van der Waals surface area contributed by atoms with Crippen molar-refractivity contribution in [2.75, 3.05) is 0 Å². The molecule has 164 valence electrons. The second-order valence-electron chi connectivity index (χ2n) is 7.92. The van der Waals surface area contributed by atoms with Crippen LogP contribution in [0.15, 0.2) is 115 Å². The van der Waals surface area contributed by atoms with Gasteiger partial charge in [-0.3, -0.25) is 9.97 Å². The third kappa shape index (κ3) is 3.15. The summed E-state index contributed by atoms with van der Waals surface area (Å²) in [5.74, 6) is 0.112. The predicted molar refractivity (Wildman–Crippen MR) is 135 cm³/mol. The molecule has 0 bridgehead atoms. The minimum atomic E-state index is -0.717. The van der Waals surface area contributed by atoms with Gasteiger partial charge in [0.1, 0.15) is 10.4 Å². The highest BCUT2D eigenvalue weighted by Gasteiger charge is 2.46. The SMILES string of the molecule is Oc1c(-c2ccccn2)nn2c1C(c1ccccc1)(c1ccccc1)SC=C2c1ccccn1. The second-order valence-corrected chi connectivity index (χ2v) is 9.01. The lowest BCUT2D eigenvalue weighted by molar-refractivity contribution is 0.465. The molecule has 0 radical (unpaired) electrons. The van der Waals surface area contributed by atoms with Gasteiger partial charge < -0.3 is 5.11 Å². The molecule has 5 nitrogen and oxygen atoms in total. The van der Waals surface area contributed by atoms with E-state index in [1.807, 2.05) is 77.5 Å². The summed E-state index contributed by atoms with van der Waals surface area (Å²) in [6.07, 6.45) is 3.47. The van der Waals surface area contributed by atoms with Crippen molar-refractivity contribution in [2.45, 2.75) is 4.75 Å². The fraction of sp³-hybridized carbons (Fsp3) is 0.0357. The highest BCUT2D eigenvalue weighted by Crippen LogP contribution is 2.56. The number of hydrogen-bond donors (Lipinski definition) is 1. The van der Waals surface area contributed by atoms with E-state index in [1.54, 1.807) is 24.2 Å². The Morgan fingerprint density at radius 3 is 1.79 bits per heavy atom. The number of aromatic hydroxyl groups is 1. The van der Waals surface area contributed by atoms with Gasteiger partial charge in [0.05, 0.1) is 17.1 Å². The Bertz CT molecular complexity index is 1430. The summed E-state index contributed by atoms with van der Waals surface area (Å²) >= 11 is 1.64. The fourth-order valence-electron chi connectivity index (χ4n) is 4.43. The van der Waals surface area contributed by atoms with Crippen molar-refractivity contribution in [1.29, 1.82) is 0 Å². The number of nitrogens with zero attached hydrogens (tertiary/aromatic N) is 4. The predicted octanol–water partition coefficient (Wildman–Crippen LogP) is 5.93. The maximum atomic E-state index is 11.8. The first-order valence-corrected chi connectivity index (χ1v) is 11.8. The van der Waals surface area contributed by atoms with E-state index in [0.29, 0.717) is 17.1 Å². The van der Waals surface area contributed by atoms with E-state index >= 15 is 0 Å². The molecule has 34 heavy (non-hydrogen) atoms. The summed E-state index contributed by atoms with van der Waals surface area (Å²) in [5.41, 5.74) is 5.41. The number of fused-ring (bicyclic) bond motifs is 1. The van der Waals surface area contributed by atoms with E-state index in [0.717, 1.165) is 22.5 Å². The number of aromatic nitrogens is 4. The van der Waals surface area contributed by atoms with Crippen LogP contribution in [-0.2, 0) is 4.75 Å². The molecule has 1 aliphatic heterocycles. The van der Waals surface area contributed by atoms with E-state index < -0.39 is 4.75 Å². The third-order valence-corrected chi connectivity index (χ3v) is 7.32. The Morgan fingerprint density at radius 1 is 0.676 bits per heavy atom. The van der Waals surface area contributed by atoms with Gasteiger partial charge in [0, 0.05) is 17.8 Å². The van der Waals surface area contributed by atoms with Gasteiger partial charge in [0.15, 0.2) is 11.4 Å². The number of benzene rings is 2. The lowest BCUT2D eigenvalue weighted by Gasteiger charge is -2.37. The maximum absolute atomic E-state index is 11.8. The van der Waals surface area contributed by atoms with Crippen LogP contribution in [0.4, 0.5) is 0 Å². The van der Waals surface area contributed by atoms with Gasteiger partial charge in [-0.1, -0.05) is 72.8 Å². The van der Waals surface area contributed by atoms with Gasteiger partial charge in [-0.2, -0.15) is 5.10 Å². The molecule has 0 aliphatic carbocycles. The van der Waals surface area contributed by atoms with Crippen LogP contribution in [0.25, 0.3) is 17.1 Å². The first kappa shape index (κ1) is 20.4. The summed E-state index contributed by atoms with van der Waals surface area (Å²) in [4.78, 5) is 9.03. The van der Waals surface area contributed by atoms with E-state index in [-0.39, 0.29) is 5.75 Å². The van der Waals surface area contributed by atoms with E-state index in [9.17, 15) is 5.11 Å². The van der Waals surface area contributed by atoms with Crippen LogP contribution in [0.2, 0.25) is 0 Å². The molecule has 0 unspecified atom stereocenters. The van der Waals surface area contributed by atoms with Crippen molar-refractivity contribution in [3.63, 3.8) is 0 Å². The molecule has 4 heterocycles. The Morgan fingerprint density at radius 2 is 1.24 bits per heavy atom. The molecule has 1 N–H and O–H groups in total. The summed E-state index contributed by atoms with van der Waals surface area (Å²) in [6.45, 7) is 0. The molecule has 2 aromatic carbocycles. The van der Waals surface area contributed by atoms with E-state index in [4.69, 9.17) is 5.10 Å². The van der Waals surface area contributed by atoms with E-state index in [2.05, 4.69) is 39.6 Å². The third-order valence-electron chi connectivity index (χ3n) is 5.96. The standard InChI is InChI=1S/C28H20N4OS/c33-26-25(23-16-8-10-18-30-23)31-32-24(22-15-7-9-17-29-22)19-34-28(27(26)32,20-11-3-1-4-12-20)21-13-5-2-6-14-21/h1-19,33H. The van der Waals surface area contributed by atoms with Crippen LogP contribution >= 0.6 is 11.8 Å². The highest BCUT2D eigenvalue weighted by atomic mass is 32.2. The summed E-state index contributed by atoms with van der Waals surface area (Å²) in [7, 11) is 0. The Kier molecular flexibility index (Phi) is 5.00. The molecule has 1 aliphatic rings. The molecule has 6 heteroatoms. The molecule has 0 spiro atoms. The van der Waals surface area contributed by atoms with Crippen LogP contribution in [-0.4, -0.2) is 24.9 Å². The Balaban J connectivity index is 1.70. The molecule has 0 fully saturated rings. The summed E-state index contributed by atoms with van der Waals surface area (Å²) in [5, 5.41) is 18.8. The van der Waals surface area contributed by atoms with Crippen molar-refractivity contribution in [1.82, 2.24) is 19.7 Å². The molecule has 0 atom stereocenters. The van der Waals surface area contributed by atoms with Gasteiger partial charge >= 0.3 is 0 Å². The zero-order chi connectivity index (χ0) is 23.0. The lowest BCUT2D eigenvalue weighted by atomic mass is 9.86. The first-order chi connectivity index (χ1) is 16.8. The van der Waals surface area contributed by atoms with Crippen molar-refractivity contribution in [3.05, 3.63) is 137 Å². The number of rotatable bonds is 4. The lowest BCUT2D eigenvalue weighted by Crippen LogP contribution is -2.31. The van der Waals surface area contributed by atoms with Crippen LogP contribution < -0.4 is 0 Å². The molecular formula is C28H20N4OS. The Labute approximate surface area is 201 Å². The fourth-order valence-corrected chi connectivity index (χ4v) is 5.78. The zero-order valence-corrected chi connectivity index (χ0v) is 18.9. The van der Waals surface area contributed by atoms with Crippen LogP contribution in [0, 0.1) is 0 Å². The summed E-state index contributed by atoms with van der Waals surface area (Å²) < 4.78 is 1.11. The topological polar surface area (TPSA) is 63.8 Å². The van der Waals surface area contributed by atoms with Gasteiger partial charge in [-0.15, -0.1) is 11.8 Å². The molecular weight excluding hydrogens is 440 g/mol. The average Bonchev–Trinajstić information content (AvgIpc) is 3.28. The van der Waals surface area contributed by atoms with Crippen LogP contribution in [0.5, 0.6) is 5.75 Å². The normalized spacial score (nSPS) is 14.3. The van der Waals surface area contributed by atoms with Crippen molar-refractivity contribution in [3.8, 4) is 17.1 Å². The number of thioether (sulfide) groups is 1. The molecule has 0 saturated heterocycles. The van der Waals surface area contributed by atoms with Gasteiger partial charge in [-0.05, 0) is 35.4 Å². The molecule has 0 amide bonds. The largest absolute Gasteiger partial charge is 0.504 e. The van der Waals surface area contributed by atoms with Gasteiger partial charge in [-0.25, -0.2) is 4.68 Å². The average molecular weight is 461 g/mol. The molecule has 6 rings (SSSR count). The molecule has 5 aromatic rings. The van der Waals surface area contributed by atoms with Crippen LogP contribution in [0.3, 0.4) is 0 Å². The van der Waals surface area contributed by atoms with E-state index in [1.165, 1.54) is 0 Å². The minimum absolute atomic E-state index is 0.112. The molecule has 0 saturated carbocycles. The molecule has 3 aromatic heterocycles. The smallest absolute Gasteiger partial charge is 0.169 e. The maximum Gasteiger partial charge on any atom is 0.169 e. The quantitative estimate of drug-likeness (QED) is 0.360. The minimum Gasteiger partial charge on any atom is -0.504 e. The van der Waals surface area contributed by atoms with Gasteiger partial charge in [0.25, 0.3) is 0 Å². The number of pyridine rings is 2. The summed E-state index contributed by atoms with van der Waals surface area (Å²) in [6, 6.07) is 31.9. The van der Waals surface area contributed by atoms with Gasteiger partial charge in [0.2, 0.25) is 0 Å². The Hall–Kier alpha value is -4.16. The highest BCUT2D eigenvalue weighted by molar-refractivity contribution is 8.03. The monoisotopic (exact) mass is 460 g/mol. The first-order valence-electron chi connectivity index (χ1n) is 10.9.